The van der Waals surface area contributed by atoms with Gasteiger partial charge in [-0.1, -0.05) is 26.8 Å². The second kappa shape index (κ2) is 4.96. The first-order chi connectivity index (χ1) is 7.88. The van der Waals surface area contributed by atoms with Crippen molar-refractivity contribution in [3.63, 3.8) is 0 Å². The number of aromatic nitrogens is 1. The summed E-state index contributed by atoms with van der Waals surface area (Å²) in [5, 5.41) is 17.2. The van der Waals surface area contributed by atoms with Gasteiger partial charge in [0.15, 0.2) is 12.0 Å². The molecular weight excluding hydrogens is 212 g/mol. The molecule has 0 aliphatic carbocycles. The number of nitrogens with zero attached hydrogens (tertiary/aromatic N) is 3. The lowest BCUT2D eigenvalue weighted by Gasteiger charge is -2.33. The van der Waals surface area contributed by atoms with Crippen LogP contribution >= 0.6 is 0 Å². The fraction of sp³-hybridized carbons (Fsp3) is 0.462. The second-order valence-electron chi connectivity index (χ2n) is 5.08. The van der Waals surface area contributed by atoms with Crippen LogP contribution in [0.2, 0.25) is 0 Å². The fourth-order valence-corrected chi connectivity index (χ4v) is 1.34. The standard InChI is InChI=1S/C13H18N4/c1-10(13(2,3)4)17(9-14)12(15)11-7-5-6-8-16-11/h5-8,10,15H,1-4H3. The van der Waals surface area contributed by atoms with Gasteiger partial charge in [-0.2, -0.15) is 5.26 Å². The molecule has 0 spiro atoms. The van der Waals surface area contributed by atoms with Crippen LogP contribution < -0.4 is 0 Å². The maximum Gasteiger partial charge on any atom is 0.185 e. The normalized spacial score (nSPS) is 12.6. The second-order valence-corrected chi connectivity index (χ2v) is 5.08. The van der Waals surface area contributed by atoms with Gasteiger partial charge in [-0.3, -0.25) is 15.3 Å². The summed E-state index contributed by atoms with van der Waals surface area (Å²) in [6.07, 6.45) is 3.70. The molecule has 0 aliphatic rings. The Morgan fingerprint density at radius 3 is 2.53 bits per heavy atom. The molecule has 90 valence electrons. The molecule has 0 amide bonds. The van der Waals surface area contributed by atoms with Crippen LogP contribution in [0.15, 0.2) is 24.4 Å². The molecule has 0 fully saturated rings. The molecule has 1 aromatic heterocycles. The van der Waals surface area contributed by atoms with Gasteiger partial charge in [0.05, 0.1) is 0 Å². The minimum Gasteiger partial charge on any atom is -0.282 e. The van der Waals surface area contributed by atoms with Gasteiger partial charge in [0.2, 0.25) is 0 Å². The van der Waals surface area contributed by atoms with Crippen LogP contribution in [0.25, 0.3) is 0 Å². The molecule has 0 aromatic carbocycles. The van der Waals surface area contributed by atoms with E-state index in [0.29, 0.717) is 5.69 Å². The van der Waals surface area contributed by atoms with Gasteiger partial charge in [-0.05, 0) is 24.5 Å². The van der Waals surface area contributed by atoms with Gasteiger partial charge < -0.3 is 0 Å². The van der Waals surface area contributed by atoms with Crippen LogP contribution in [0.3, 0.4) is 0 Å². The highest BCUT2D eigenvalue weighted by Crippen LogP contribution is 2.24. The first kappa shape index (κ1) is 13.2. The van der Waals surface area contributed by atoms with E-state index in [9.17, 15) is 5.26 Å². The maximum atomic E-state index is 9.20. The predicted molar refractivity (Wildman–Crippen MR) is 67.4 cm³/mol. The molecule has 1 atom stereocenters. The summed E-state index contributed by atoms with van der Waals surface area (Å²) in [7, 11) is 0. The number of hydrogen-bond acceptors (Lipinski definition) is 3. The van der Waals surface area contributed by atoms with Crippen LogP contribution in [0.5, 0.6) is 0 Å². The Bertz CT molecular complexity index is 425. The molecule has 17 heavy (non-hydrogen) atoms. The van der Waals surface area contributed by atoms with E-state index in [1.54, 1.807) is 18.3 Å². The molecule has 0 bridgehead atoms. The quantitative estimate of drug-likeness (QED) is 0.367. The molecule has 0 radical (unpaired) electrons. The van der Waals surface area contributed by atoms with Crippen molar-refractivity contribution in [1.82, 2.24) is 9.88 Å². The molecule has 0 aliphatic heterocycles. The van der Waals surface area contributed by atoms with Gasteiger partial charge in [0.25, 0.3) is 0 Å². The van der Waals surface area contributed by atoms with E-state index in [-0.39, 0.29) is 17.3 Å². The molecule has 4 heteroatoms. The van der Waals surface area contributed by atoms with Crippen molar-refractivity contribution in [2.24, 2.45) is 5.41 Å². The van der Waals surface area contributed by atoms with Crippen LogP contribution in [0.4, 0.5) is 0 Å². The summed E-state index contributed by atoms with van der Waals surface area (Å²) in [6.45, 7) is 8.09. The van der Waals surface area contributed by atoms with E-state index in [2.05, 4.69) is 11.2 Å². The van der Waals surface area contributed by atoms with E-state index >= 15 is 0 Å². The third-order valence-corrected chi connectivity index (χ3v) is 2.90. The van der Waals surface area contributed by atoms with E-state index in [4.69, 9.17) is 5.41 Å². The van der Waals surface area contributed by atoms with Gasteiger partial charge >= 0.3 is 0 Å². The van der Waals surface area contributed by atoms with Crippen LogP contribution in [0, 0.1) is 22.3 Å². The Kier molecular flexibility index (Phi) is 3.84. The number of amidine groups is 1. The molecular formula is C13H18N4. The lowest BCUT2D eigenvalue weighted by molar-refractivity contribution is 0.230. The Morgan fingerprint density at radius 2 is 2.12 bits per heavy atom. The maximum absolute atomic E-state index is 9.20. The monoisotopic (exact) mass is 230 g/mol. The third kappa shape index (κ3) is 3.04. The minimum absolute atomic E-state index is 0.0537. The number of nitrogens with one attached hydrogen (secondary N) is 1. The topological polar surface area (TPSA) is 63.8 Å². The molecule has 0 saturated heterocycles. The van der Waals surface area contributed by atoms with Crippen molar-refractivity contribution in [2.75, 3.05) is 0 Å². The Balaban J connectivity index is 2.98. The molecule has 4 nitrogen and oxygen atoms in total. The van der Waals surface area contributed by atoms with E-state index in [1.165, 1.54) is 4.90 Å². The van der Waals surface area contributed by atoms with Crippen LogP contribution in [-0.4, -0.2) is 21.8 Å². The summed E-state index contributed by atoms with van der Waals surface area (Å²) in [4.78, 5) is 5.50. The van der Waals surface area contributed by atoms with Crippen molar-refractivity contribution in [2.45, 2.75) is 33.7 Å². The first-order valence-electron chi connectivity index (χ1n) is 5.57. The van der Waals surface area contributed by atoms with Crippen LogP contribution in [-0.2, 0) is 0 Å². The highest BCUT2D eigenvalue weighted by molar-refractivity contribution is 5.95. The Morgan fingerprint density at radius 1 is 1.47 bits per heavy atom. The van der Waals surface area contributed by atoms with Gasteiger partial charge in [0, 0.05) is 12.2 Å². The molecule has 1 N–H and O–H groups in total. The lowest BCUT2D eigenvalue weighted by Crippen LogP contribution is -2.42. The summed E-state index contributed by atoms with van der Waals surface area (Å²) >= 11 is 0. The van der Waals surface area contributed by atoms with Gasteiger partial charge in [0.1, 0.15) is 5.69 Å². The largest absolute Gasteiger partial charge is 0.282 e. The third-order valence-electron chi connectivity index (χ3n) is 2.90. The van der Waals surface area contributed by atoms with Crippen molar-refractivity contribution in [1.29, 1.82) is 10.7 Å². The highest BCUT2D eigenvalue weighted by atomic mass is 15.2. The summed E-state index contributed by atoms with van der Waals surface area (Å²) in [5.74, 6) is 0.149. The first-order valence-corrected chi connectivity index (χ1v) is 5.57. The SMILES string of the molecule is CC(N(C#N)C(=N)c1ccccn1)C(C)(C)C. The van der Waals surface area contributed by atoms with Crippen molar-refractivity contribution in [3.05, 3.63) is 30.1 Å². The molecule has 0 saturated carbocycles. The Labute approximate surface area is 102 Å². The number of nitriles is 1. The van der Waals surface area contributed by atoms with Gasteiger partial charge in [-0.15, -0.1) is 0 Å². The Hall–Kier alpha value is -1.89. The van der Waals surface area contributed by atoms with E-state index < -0.39 is 0 Å². The predicted octanol–water partition coefficient (Wildman–Crippen LogP) is 2.62. The zero-order valence-electron chi connectivity index (χ0n) is 10.7. The average molecular weight is 230 g/mol. The lowest BCUT2D eigenvalue weighted by atomic mass is 9.87. The van der Waals surface area contributed by atoms with Gasteiger partial charge in [-0.25, -0.2) is 0 Å². The summed E-state index contributed by atoms with van der Waals surface area (Å²) < 4.78 is 0. The zero-order valence-corrected chi connectivity index (χ0v) is 10.7. The fourth-order valence-electron chi connectivity index (χ4n) is 1.34. The molecule has 1 rings (SSSR count). The minimum atomic E-state index is -0.0726. The number of hydrogen-bond donors (Lipinski definition) is 1. The van der Waals surface area contributed by atoms with Crippen molar-refractivity contribution >= 4 is 5.84 Å². The summed E-state index contributed by atoms with van der Waals surface area (Å²) in [6, 6.07) is 5.29. The average Bonchev–Trinajstić information content (AvgIpc) is 2.29. The summed E-state index contributed by atoms with van der Waals surface area (Å²) in [5.41, 5.74) is 0.446. The zero-order chi connectivity index (χ0) is 13.1. The van der Waals surface area contributed by atoms with E-state index in [1.807, 2.05) is 33.8 Å². The smallest absolute Gasteiger partial charge is 0.185 e. The molecule has 1 heterocycles. The van der Waals surface area contributed by atoms with E-state index in [0.717, 1.165) is 0 Å². The number of pyridine rings is 1. The molecule has 1 aromatic rings. The highest BCUT2D eigenvalue weighted by Gasteiger charge is 2.29. The molecule has 1 unspecified atom stereocenters. The number of rotatable bonds is 2. The van der Waals surface area contributed by atoms with Crippen molar-refractivity contribution in [3.8, 4) is 6.19 Å². The van der Waals surface area contributed by atoms with Crippen molar-refractivity contribution < 1.29 is 0 Å². The van der Waals surface area contributed by atoms with Crippen LogP contribution in [0.1, 0.15) is 33.4 Å².